The van der Waals surface area contributed by atoms with Crippen molar-refractivity contribution in [3.63, 3.8) is 0 Å². The molecule has 1 atom stereocenters. The highest BCUT2D eigenvalue weighted by atomic mass is 15.2. The van der Waals surface area contributed by atoms with Gasteiger partial charge in [-0.1, -0.05) is 19.9 Å². The molecule has 1 heterocycles. The lowest BCUT2D eigenvalue weighted by Crippen LogP contribution is -2.34. The van der Waals surface area contributed by atoms with E-state index in [2.05, 4.69) is 62.0 Å². The van der Waals surface area contributed by atoms with E-state index in [-0.39, 0.29) is 0 Å². The summed E-state index contributed by atoms with van der Waals surface area (Å²) in [6.07, 6.45) is 1.98. The minimum Gasteiger partial charge on any atom is -0.354 e. The zero-order chi connectivity index (χ0) is 13.7. The number of anilines is 1. The lowest BCUT2D eigenvalue weighted by molar-refractivity contribution is 0.565. The Kier molecular flexibility index (Phi) is 5.60. The average molecular weight is 249 g/mol. The molecule has 0 aromatic carbocycles. The molecule has 1 unspecified atom stereocenters. The first-order chi connectivity index (χ1) is 8.45. The maximum absolute atomic E-state index is 4.61. The molecule has 1 N–H and O–H groups in total. The van der Waals surface area contributed by atoms with E-state index in [4.69, 9.17) is 0 Å². The smallest absolute Gasteiger partial charge is 0.128 e. The first-order valence-corrected chi connectivity index (χ1v) is 6.85. The van der Waals surface area contributed by atoms with Crippen molar-refractivity contribution in [1.29, 1.82) is 0 Å². The predicted octanol–water partition coefficient (Wildman–Crippen LogP) is 3.23. The second-order valence-corrected chi connectivity index (χ2v) is 5.60. The second-order valence-electron chi connectivity index (χ2n) is 5.60. The first kappa shape index (κ1) is 15.0. The fraction of sp³-hybridized carbons (Fsp3) is 0.667. The van der Waals surface area contributed by atoms with Gasteiger partial charge in [0.15, 0.2) is 0 Å². The van der Waals surface area contributed by atoms with Crippen molar-refractivity contribution >= 4 is 5.82 Å². The second kappa shape index (κ2) is 6.74. The van der Waals surface area contributed by atoms with Crippen molar-refractivity contribution < 1.29 is 0 Å². The molecule has 0 amide bonds. The van der Waals surface area contributed by atoms with Crippen LogP contribution in [-0.2, 0) is 0 Å². The van der Waals surface area contributed by atoms with E-state index in [1.165, 1.54) is 5.56 Å². The summed E-state index contributed by atoms with van der Waals surface area (Å²) in [5, 5.41) is 3.23. The molecular weight excluding hydrogens is 222 g/mol. The zero-order valence-electron chi connectivity index (χ0n) is 12.6. The van der Waals surface area contributed by atoms with Crippen LogP contribution in [0.2, 0.25) is 0 Å². The van der Waals surface area contributed by atoms with Crippen molar-refractivity contribution in [2.24, 2.45) is 5.92 Å². The summed E-state index contributed by atoms with van der Waals surface area (Å²) in [4.78, 5) is 6.97. The van der Waals surface area contributed by atoms with Crippen molar-refractivity contribution in [2.45, 2.75) is 46.7 Å². The molecular formula is C15H27N3. The molecule has 1 aromatic heterocycles. The summed E-state index contributed by atoms with van der Waals surface area (Å²) in [7, 11) is 1.97. The maximum atomic E-state index is 4.61. The van der Waals surface area contributed by atoms with Gasteiger partial charge in [0, 0.05) is 24.8 Å². The number of pyridine rings is 1. The number of nitrogens with one attached hydrogen (secondary N) is 1. The van der Waals surface area contributed by atoms with Gasteiger partial charge in [-0.2, -0.15) is 0 Å². The van der Waals surface area contributed by atoms with Gasteiger partial charge in [-0.15, -0.1) is 0 Å². The predicted molar refractivity (Wildman–Crippen MR) is 79.0 cm³/mol. The van der Waals surface area contributed by atoms with Crippen LogP contribution < -0.4 is 10.2 Å². The van der Waals surface area contributed by atoms with Crippen LogP contribution in [0.5, 0.6) is 0 Å². The molecule has 0 aliphatic heterocycles. The molecule has 3 nitrogen and oxygen atoms in total. The molecule has 3 heteroatoms. The highest BCUT2D eigenvalue weighted by Gasteiger charge is 2.13. The van der Waals surface area contributed by atoms with Gasteiger partial charge in [0.05, 0.1) is 0 Å². The fourth-order valence-corrected chi connectivity index (χ4v) is 1.95. The quantitative estimate of drug-likeness (QED) is 0.839. The van der Waals surface area contributed by atoms with E-state index in [1.54, 1.807) is 0 Å². The number of aromatic nitrogens is 1. The Hall–Kier alpha value is -1.09. The molecule has 1 rings (SSSR count). The van der Waals surface area contributed by atoms with Gasteiger partial charge in [0.1, 0.15) is 5.82 Å². The van der Waals surface area contributed by atoms with E-state index >= 15 is 0 Å². The molecule has 0 saturated heterocycles. The van der Waals surface area contributed by atoms with Gasteiger partial charge in [-0.05, 0) is 45.4 Å². The van der Waals surface area contributed by atoms with E-state index < -0.39 is 0 Å². The third kappa shape index (κ3) is 3.98. The minimum absolute atomic E-state index is 0.351. The maximum Gasteiger partial charge on any atom is 0.128 e. The molecule has 0 aliphatic rings. The Balaban J connectivity index is 2.86. The molecule has 0 bridgehead atoms. The largest absolute Gasteiger partial charge is 0.354 e. The molecule has 0 aliphatic carbocycles. The van der Waals surface area contributed by atoms with Crippen molar-refractivity contribution in [1.82, 2.24) is 10.3 Å². The minimum atomic E-state index is 0.351. The van der Waals surface area contributed by atoms with Crippen molar-refractivity contribution in [2.75, 3.05) is 18.5 Å². The van der Waals surface area contributed by atoms with Crippen molar-refractivity contribution in [3.05, 3.63) is 23.9 Å². The van der Waals surface area contributed by atoms with Crippen LogP contribution >= 0.6 is 0 Å². The van der Waals surface area contributed by atoms with Crippen LogP contribution in [-0.4, -0.2) is 24.6 Å². The third-order valence-corrected chi connectivity index (χ3v) is 3.18. The van der Waals surface area contributed by atoms with E-state index in [1.807, 2.05) is 13.2 Å². The highest BCUT2D eigenvalue weighted by molar-refractivity contribution is 5.40. The van der Waals surface area contributed by atoms with Crippen LogP contribution in [0, 0.1) is 5.92 Å². The van der Waals surface area contributed by atoms with Crippen LogP contribution in [0.3, 0.4) is 0 Å². The fourth-order valence-electron chi connectivity index (χ4n) is 1.95. The zero-order valence-corrected chi connectivity index (χ0v) is 12.6. The van der Waals surface area contributed by atoms with Gasteiger partial charge < -0.3 is 10.2 Å². The summed E-state index contributed by atoms with van der Waals surface area (Å²) in [6, 6.07) is 5.13. The summed E-state index contributed by atoms with van der Waals surface area (Å²) in [5.41, 5.74) is 1.23. The molecule has 0 radical (unpaired) electrons. The first-order valence-electron chi connectivity index (χ1n) is 6.85. The topological polar surface area (TPSA) is 28.2 Å². The Morgan fingerprint density at radius 2 is 1.83 bits per heavy atom. The number of nitrogens with zero attached hydrogens (tertiary/aromatic N) is 2. The molecule has 0 fully saturated rings. The average Bonchev–Trinajstić information content (AvgIpc) is 2.34. The van der Waals surface area contributed by atoms with Gasteiger partial charge in [-0.3, -0.25) is 0 Å². The Morgan fingerprint density at radius 1 is 1.17 bits per heavy atom. The van der Waals surface area contributed by atoms with Crippen LogP contribution in [0.4, 0.5) is 5.82 Å². The third-order valence-electron chi connectivity index (χ3n) is 3.18. The monoisotopic (exact) mass is 249 g/mol. The molecule has 102 valence electrons. The number of hydrogen-bond acceptors (Lipinski definition) is 3. The molecule has 18 heavy (non-hydrogen) atoms. The van der Waals surface area contributed by atoms with Gasteiger partial charge in [-0.25, -0.2) is 4.98 Å². The Bertz CT molecular complexity index is 343. The number of hydrogen-bond donors (Lipinski definition) is 1. The molecule has 0 saturated carbocycles. The molecule has 1 aromatic rings. The summed E-state index contributed by atoms with van der Waals surface area (Å²) in [6.45, 7) is 12.1. The lowest BCUT2D eigenvalue weighted by Gasteiger charge is -2.29. The van der Waals surface area contributed by atoms with Gasteiger partial charge in [0.25, 0.3) is 0 Å². The van der Waals surface area contributed by atoms with Crippen LogP contribution in [0.1, 0.15) is 46.2 Å². The lowest BCUT2D eigenvalue weighted by atomic mass is 10.1. The van der Waals surface area contributed by atoms with E-state index in [0.29, 0.717) is 18.0 Å². The SMILES string of the molecule is CNC(C)c1ccc(N(CC(C)C)C(C)C)nc1. The molecule has 0 spiro atoms. The standard InChI is InChI=1S/C15H27N3/c1-11(2)10-18(12(3)4)15-8-7-14(9-17-15)13(5)16-6/h7-9,11-13,16H,10H2,1-6H3. The van der Waals surface area contributed by atoms with Crippen molar-refractivity contribution in [3.8, 4) is 0 Å². The van der Waals surface area contributed by atoms with E-state index in [9.17, 15) is 0 Å². The summed E-state index contributed by atoms with van der Waals surface area (Å²) < 4.78 is 0. The summed E-state index contributed by atoms with van der Waals surface area (Å²) >= 11 is 0. The number of rotatable bonds is 6. The highest BCUT2D eigenvalue weighted by Crippen LogP contribution is 2.18. The van der Waals surface area contributed by atoms with Crippen LogP contribution in [0.25, 0.3) is 0 Å². The van der Waals surface area contributed by atoms with E-state index in [0.717, 1.165) is 12.4 Å². The van der Waals surface area contributed by atoms with Gasteiger partial charge in [0.2, 0.25) is 0 Å². The normalized spacial score (nSPS) is 13.1. The van der Waals surface area contributed by atoms with Crippen LogP contribution in [0.15, 0.2) is 18.3 Å². The van der Waals surface area contributed by atoms with Gasteiger partial charge >= 0.3 is 0 Å². The summed E-state index contributed by atoms with van der Waals surface area (Å²) in [5.74, 6) is 1.72. The Labute approximate surface area is 112 Å². The Morgan fingerprint density at radius 3 is 2.22 bits per heavy atom.